The van der Waals surface area contributed by atoms with Crippen LogP contribution in [0.4, 0.5) is 0 Å². The van der Waals surface area contributed by atoms with E-state index in [0.717, 1.165) is 22.4 Å². The number of ether oxygens (including phenoxy) is 1. The number of aromatic nitrogens is 3. The highest BCUT2D eigenvalue weighted by molar-refractivity contribution is 7.15. The van der Waals surface area contributed by atoms with Gasteiger partial charge in [-0.15, -0.1) is 5.10 Å². The molecule has 5 nitrogen and oxygen atoms in total. The third-order valence-electron chi connectivity index (χ3n) is 4.53. The van der Waals surface area contributed by atoms with Crippen molar-refractivity contribution in [2.75, 3.05) is 0 Å². The maximum absolute atomic E-state index is 12.8. The Balaban J connectivity index is 1.60. The maximum atomic E-state index is 12.8. The highest BCUT2D eigenvalue weighted by Gasteiger charge is 2.18. The Bertz CT molecular complexity index is 1290. The molecule has 2 aromatic carbocycles. The van der Waals surface area contributed by atoms with Crippen LogP contribution >= 0.6 is 11.3 Å². The summed E-state index contributed by atoms with van der Waals surface area (Å²) in [5.41, 5.74) is 2.71. The van der Waals surface area contributed by atoms with Crippen LogP contribution in [0.5, 0.6) is 5.75 Å². The van der Waals surface area contributed by atoms with Crippen LogP contribution in [0.25, 0.3) is 28.5 Å². The number of hydrogen-bond donors (Lipinski definition) is 0. The molecule has 0 saturated carbocycles. The van der Waals surface area contributed by atoms with Crippen LogP contribution in [0, 0.1) is 0 Å². The molecule has 0 radical (unpaired) electrons. The predicted octanol–water partition coefficient (Wildman–Crippen LogP) is 3.18. The number of thiazole rings is 1. The van der Waals surface area contributed by atoms with Crippen molar-refractivity contribution in [1.82, 2.24) is 14.6 Å². The molecule has 1 aliphatic heterocycles. The summed E-state index contributed by atoms with van der Waals surface area (Å²) in [5, 5.41) is 4.38. The van der Waals surface area contributed by atoms with E-state index in [4.69, 9.17) is 4.74 Å². The fourth-order valence-electron chi connectivity index (χ4n) is 3.12. The third kappa shape index (κ3) is 2.74. The Kier molecular flexibility index (Phi) is 3.65. The Morgan fingerprint density at radius 2 is 1.89 bits per heavy atom. The van der Waals surface area contributed by atoms with E-state index < -0.39 is 0 Å². The molecule has 132 valence electrons. The lowest BCUT2D eigenvalue weighted by atomic mass is 10.0. The molecule has 2 aromatic heterocycles. The molecule has 1 aliphatic rings. The van der Waals surface area contributed by atoms with Gasteiger partial charge in [0.1, 0.15) is 11.9 Å². The zero-order valence-electron chi connectivity index (χ0n) is 14.5. The van der Waals surface area contributed by atoms with Gasteiger partial charge in [0.25, 0.3) is 5.56 Å². The molecule has 0 fully saturated rings. The van der Waals surface area contributed by atoms with E-state index >= 15 is 0 Å². The van der Waals surface area contributed by atoms with Gasteiger partial charge in [0.2, 0.25) is 4.96 Å². The SMILES string of the molecule is CC1Oc2ccccc2C=C1/C=c1\sc2nc(-c3ccccc3)nn2c1=O. The van der Waals surface area contributed by atoms with Gasteiger partial charge in [-0.2, -0.15) is 9.50 Å². The third-order valence-corrected chi connectivity index (χ3v) is 5.49. The summed E-state index contributed by atoms with van der Waals surface area (Å²) in [4.78, 5) is 17.9. The molecule has 1 unspecified atom stereocenters. The van der Waals surface area contributed by atoms with E-state index in [1.807, 2.05) is 67.6 Å². The summed E-state index contributed by atoms with van der Waals surface area (Å²) in [5.74, 6) is 1.42. The standard InChI is InChI=1S/C21H15N3O2S/c1-13-16(11-15-9-5-6-10-17(15)26-13)12-18-20(25)24-21(27-18)22-19(23-24)14-7-3-2-4-8-14/h2-13H,1H3/b18-12-. The van der Waals surface area contributed by atoms with Crippen LogP contribution < -0.4 is 14.8 Å². The minimum atomic E-state index is -0.156. The monoisotopic (exact) mass is 373 g/mol. The van der Waals surface area contributed by atoms with Crippen molar-refractivity contribution in [3.05, 3.63) is 80.6 Å². The van der Waals surface area contributed by atoms with Gasteiger partial charge in [-0.3, -0.25) is 4.79 Å². The van der Waals surface area contributed by atoms with Gasteiger partial charge in [-0.1, -0.05) is 59.9 Å². The van der Waals surface area contributed by atoms with Crippen molar-refractivity contribution < 1.29 is 4.74 Å². The van der Waals surface area contributed by atoms with E-state index in [9.17, 15) is 4.79 Å². The van der Waals surface area contributed by atoms with Crippen molar-refractivity contribution in [2.24, 2.45) is 0 Å². The molecule has 0 saturated heterocycles. The lowest BCUT2D eigenvalue weighted by Crippen LogP contribution is -2.26. The number of hydrogen-bond acceptors (Lipinski definition) is 5. The topological polar surface area (TPSA) is 56.5 Å². The summed E-state index contributed by atoms with van der Waals surface area (Å²) in [6.45, 7) is 1.98. The van der Waals surface area contributed by atoms with Crippen LogP contribution in [0.2, 0.25) is 0 Å². The molecule has 5 rings (SSSR count). The zero-order chi connectivity index (χ0) is 18.4. The first kappa shape index (κ1) is 16.0. The quantitative estimate of drug-likeness (QED) is 0.542. The molecular weight excluding hydrogens is 358 g/mol. The smallest absolute Gasteiger partial charge is 0.291 e. The first-order valence-corrected chi connectivity index (χ1v) is 9.45. The van der Waals surface area contributed by atoms with E-state index in [2.05, 4.69) is 16.2 Å². The van der Waals surface area contributed by atoms with Crippen molar-refractivity contribution in [3.63, 3.8) is 0 Å². The fraction of sp³-hybridized carbons (Fsp3) is 0.0952. The molecular formula is C21H15N3O2S. The van der Waals surface area contributed by atoms with Crippen LogP contribution in [0.3, 0.4) is 0 Å². The van der Waals surface area contributed by atoms with Crippen molar-refractivity contribution in [3.8, 4) is 17.1 Å². The van der Waals surface area contributed by atoms with Gasteiger partial charge >= 0.3 is 0 Å². The molecule has 27 heavy (non-hydrogen) atoms. The van der Waals surface area contributed by atoms with Crippen LogP contribution in [0.15, 0.2) is 65.0 Å². The molecule has 6 heteroatoms. The zero-order valence-corrected chi connectivity index (χ0v) is 15.3. The Labute approximate surface area is 158 Å². The van der Waals surface area contributed by atoms with Crippen LogP contribution in [-0.2, 0) is 0 Å². The van der Waals surface area contributed by atoms with Crippen molar-refractivity contribution in [1.29, 1.82) is 0 Å². The number of nitrogens with zero attached hydrogens (tertiary/aromatic N) is 3. The van der Waals surface area contributed by atoms with Gasteiger partial charge in [-0.05, 0) is 30.7 Å². The summed E-state index contributed by atoms with van der Waals surface area (Å²) in [6.07, 6.45) is 3.82. The summed E-state index contributed by atoms with van der Waals surface area (Å²) in [7, 11) is 0. The molecule has 0 amide bonds. The largest absolute Gasteiger partial charge is 0.485 e. The van der Waals surface area contributed by atoms with E-state index in [-0.39, 0.29) is 11.7 Å². The van der Waals surface area contributed by atoms with Crippen LogP contribution in [-0.4, -0.2) is 20.7 Å². The Morgan fingerprint density at radius 3 is 2.70 bits per heavy atom. The molecule has 0 N–H and O–H groups in total. The van der Waals surface area contributed by atoms with E-state index in [1.54, 1.807) is 0 Å². The number of benzene rings is 2. The predicted molar refractivity (Wildman–Crippen MR) is 107 cm³/mol. The molecule has 0 aliphatic carbocycles. The van der Waals surface area contributed by atoms with Crippen molar-refractivity contribution >= 4 is 28.4 Å². The summed E-state index contributed by atoms with van der Waals surface area (Å²) < 4.78 is 7.93. The van der Waals surface area contributed by atoms with Gasteiger partial charge in [0.05, 0.1) is 4.53 Å². The maximum Gasteiger partial charge on any atom is 0.291 e. The first-order chi connectivity index (χ1) is 13.2. The van der Waals surface area contributed by atoms with Crippen LogP contribution in [0.1, 0.15) is 12.5 Å². The molecule has 0 spiro atoms. The van der Waals surface area contributed by atoms with Gasteiger partial charge < -0.3 is 4.74 Å². The summed E-state index contributed by atoms with van der Waals surface area (Å²) >= 11 is 1.34. The number of fused-ring (bicyclic) bond motifs is 2. The number of para-hydroxylation sites is 1. The second-order valence-electron chi connectivity index (χ2n) is 6.35. The lowest BCUT2D eigenvalue weighted by Gasteiger charge is -2.22. The van der Waals surface area contributed by atoms with Gasteiger partial charge in [-0.25, -0.2) is 0 Å². The Morgan fingerprint density at radius 1 is 1.11 bits per heavy atom. The molecule has 1 atom stereocenters. The first-order valence-electron chi connectivity index (χ1n) is 8.63. The average molecular weight is 373 g/mol. The minimum Gasteiger partial charge on any atom is -0.485 e. The second kappa shape index (κ2) is 6.17. The van der Waals surface area contributed by atoms with Gasteiger partial charge in [0, 0.05) is 11.1 Å². The summed E-state index contributed by atoms with van der Waals surface area (Å²) in [6, 6.07) is 17.5. The number of rotatable bonds is 2. The van der Waals surface area contributed by atoms with E-state index in [1.165, 1.54) is 15.9 Å². The average Bonchev–Trinajstić information content (AvgIpc) is 3.23. The normalized spacial score (nSPS) is 16.9. The Hall–Kier alpha value is -3.25. The fourth-order valence-corrected chi connectivity index (χ4v) is 4.02. The second-order valence-corrected chi connectivity index (χ2v) is 7.36. The molecule has 4 aromatic rings. The van der Waals surface area contributed by atoms with Gasteiger partial charge in [0.15, 0.2) is 5.82 Å². The van der Waals surface area contributed by atoms with Crippen molar-refractivity contribution in [2.45, 2.75) is 13.0 Å². The van der Waals surface area contributed by atoms with E-state index in [0.29, 0.717) is 15.3 Å². The molecule has 3 heterocycles. The lowest BCUT2D eigenvalue weighted by molar-refractivity contribution is 0.259. The molecule has 0 bridgehead atoms. The highest BCUT2D eigenvalue weighted by atomic mass is 32.1. The minimum absolute atomic E-state index is 0.124. The highest BCUT2D eigenvalue weighted by Crippen LogP contribution is 2.29.